The van der Waals surface area contributed by atoms with Crippen LogP contribution in [0.15, 0.2) is 18.2 Å². The molecule has 3 N–H and O–H groups in total. The summed E-state index contributed by atoms with van der Waals surface area (Å²) in [5, 5.41) is -1.30. The summed E-state index contributed by atoms with van der Waals surface area (Å²) in [5.74, 6) is -0.825. The number of hydrogen-bond acceptors (Lipinski definition) is 5. The number of carbonyl (C=O) groups excluding carboxylic acids is 1. The average Bonchev–Trinajstić information content (AvgIpc) is 2.31. The first kappa shape index (κ1) is 14.3. The molecule has 0 saturated carbocycles. The minimum Gasteiger partial charge on any atom is -0.468 e. The van der Waals surface area contributed by atoms with E-state index in [1.807, 2.05) is 0 Å². The van der Waals surface area contributed by atoms with Crippen molar-refractivity contribution in [3.05, 3.63) is 23.8 Å². The molecular formula is C11H16N2O4S. The van der Waals surface area contributed by atoms with Crippen LogP contribution < -0.4 is 10.5 Å². The average molecular weight is 272 g/mol. The lowest BCUT2D eigenvalue weighted by Crippen LogP contribution is -2.33. The minimum atomic E-state index is -3.87. The summed E-state index contributed by atoms with van der Waals surface area (Å²) in [6.07, 6.45) is 0. The van der Waals surface area contributed by atoms with Gasteiger partial charge >= 0.3 is 5.97 Å². The molecule has 100 valence electrons. The van der Waals surface area contributed by atoms with Crippen LogP contribution in [0, 0.1) is 6.92 Å². The van der Waals surface area contributed by atoms with Crippen molar-refractivity contribution in [2.24, 2.45) is 0 Å². The van der Waals surface area contributed by atoms with Gasteiger partial charge in [-0.2, -0.15) is 0 Å². The Morgan fingerprint density at radius 1 is 1.44 bits per heavy atom. The molecule has 0 aliphatic carbocycles. The Morgan fingerprint density at radius 2 is 2.06 bits per heavy atom. The lowest BCUT2D eigenvalue weighted by Gasteiger charge is -2.14. The smallest absolute Gasteiger partial charge is 0.325 e. The molecule has 0 aliphatic rings. The summed E-state index contributed by atoms with van der Waals surface area (Å²) in [7, 11) is -2.73. The van der Waals surface area contributed by atoms with E-state index in [0.29, 0.717) is 5.69 Å². The number of aryl methyl sites for hydroxylation is 1. The van der Waals surface area contributed by atoms with Crippen molar-refractivity contribution in [1.29, 1.82) is 0 Å². The summed E-state index contributed by atoms with van der Waals surface area (Å²) < 4.78 is 30.5. The number of nitrogens with two attached hydrogens (primary N) is 1. The zero-order valence-corrected chi connectivity index (χ0v) is 11.2. The topological polar surface area (TPSA) is 98.5 Å². The van der Waals surface area contributed by atoms with Gasteiger partial charge in [0.1, 0.15) is 0 Å². The number of carbonyl (C=O) groups is 1. The zero-order valence-electron chi connectivity index (χ0n) is 10.4. The number of nitrogens with one attached hydrogen (secondary N) is 1. The summed E-state index contributed by atoms with van der Waals surface area (Å²) in [6, 6.07) is 4.95. The highest BCUT2D eigenvalue weighted by Gasteiger charge is 2.29. The fraction of sp³-hybridized carbons (Fsp3) is 0.364. The van der Waals surface area contributed by atoms with Gasteiger partial charge in [-0.05, 0) is 31.5 Å². The van der Waals surface area contributed by atoms with Gasteiger partial charge in [-0.3, -0.25) is 9.52 Å². The molecule has 18 heavy (non-hydrogen) atoms. The van der Waals surface area contributed by atoms with Crippen LogP contribution in [0.25, 0.3) is 0 Å². The molecule has 1 unspecified atom stereocenters. The molecule has 1 aromatic carbocycles. The molecule has 0 heterocycles. The van der Waals surface area contributed by atoms with Crippen molar-refractivity contribution < 1.29 is 17.9 Å². The van der Waals surface area contributed by atoms with Crippen LogP contribution in [0.5, 0.6) is 0 Å². The number of ether oxygens (including phenoxy) is 1. The number of hydrogen-bond donors (Lipinski definition) is 2. The Morgan fingerprint density at radius 3 is 2.61 bits per heavy atom. The van der Waals surface area contributed by atoms with Gasteiger partial charge in [0, 0.05) is 0 Å². The quantitative estimate of drug-likeness (QED) is 0.626. The Labute approximate surface area is 106 Å². The number of nitrogen functional groups attached to an aromatic ring is 1. The van der Waals surface area contributed by atoms with E-state index in [1.54, 1.807) is 25.1 Å². The van der Waals surface area contributed by atoms with Gasteiger partial charge in [-0.1, -0.05) is 6.07 Å². The highest BCUT2D eigenvalue weighted by molar-refractivity contribution is 7.94. The lowest BCUT2D eigenvalue weighted by atomic mass is 10.2. The number of benzene rings is 1. The summed E-state index contributed by atoms with van der Waals surface area (Å²) in [6.45, 7) is 3.06. The fourth-order valence-corrected chi connectivity index (χ4v) is 2.30. The van der Waals surface area contributed by atoms with Gasteiger partial charge in [0.05, 0.1) is 18.5 Å². The van der Waals surface area contributed by atoms with Crippen LogP contribution in [0.4, 0.5) is 11.4 Å². The largest absolute Gasteiger partial charge is 0.468 e. The molecule has 0 spiro atoms. The van der Waals surface area contributed by atoms with Crippen molar-refractivity contribution in [2.45, 2.75) is 19.1 Å². The van der Waals surface area contributed by atoms with Gasteiger partial charge in [0.2, 0.25) is 10.0 Å². The molecule has 6 nitrogen and oxygen atoms in total. The van der Waals surface area contributed by atoms with E-state index < -0.39 is 21.2 Å². The Balaban J connectivity index is 3.02. The van der Waals surface area contributed by atoms with E-state index in [0.717, 1.165) is 12.7 Å². The lowest BCUT2D eigenvalue weighted by molar-refractivity contribution is -0.139. The predicted molar refractivity (Wildman–Crippen MR) is 69.6 cm³/mol. The maximum Gasteiger partial charge on any atom is 0.325 e. The monoisotopic (exact) mass is 272 g/mol. The maximum atomic E-state index is 11.9. The standard InChI is InChI=1S/C11H16N2O4S/c1-7-4-5-9(12)10(6-7)13-18(15,16)8(2)11(14)17-3/h4-6,8,13H,12H2,1-3H3. The van der Waals surface area contributed by atoms with Crippen molar-refractivity contribution >= 4 is 27.4 Å². The third-order valence-electron chi connectivity index (χ3n) is 2.46. The third-order valence-corrected chi connectivity index (χ3v) is 4.09. The summed E-state index contributed by atoms with van der Waals surface area (Å²) in [4.78, 5) is 11.2. The highest BCUT2D eigenvalue weighted by Crippen LogP contribution is 2.22. The fourth-order valence-electron chi connectivity index (χ4n) is 1.29. The SMILES string of the molecule is COC(=O)C(C)S(=O)(=O)Nc1cc(C)ccc1N. The Kier molecular flexibility index (Phi) is 4.18. The molecule has 1 rings (SSSR count). The van der Waals surface area contributed by atoms with E-state index in [4.69, 9.17) is 5.73 Å². The van der Waals surface area contributed by atoms with Gasteiger partial charge in [0.25, 0.3) is 0 Å². The second-order valence-corrected chi connectivity index (χ2v) is 5.90. The van der Waals surface area contributed by atoms with Crippen LogP contribution in [0.3, 0.4) is 0 Å². The minimum absolute atomic E-state index is 0.255. The van der Waals surface area contributed by atoms with E-state index in [-0.39, 0.29) is 5.69 Å². The predicted octanol–water partition coefficient (Wildman–Crippen LogP) is 0.880. The second kappa shape index (κ2) is 5.26. The molecule has 7 heteroatoms. The number of esters is 1. The Hall–Kier alpha value is -1.76. The van der Waals surface area contributed by atoms with Gasteiger partial charge < -0.3 is 10.5 Å². The first-order chi connectivity index (χ1) is 8.27. The van der Waals surface area contributed by atoms with Crippen LogP contribution in [0.2, 0.25) is 0 Å². The zero-order chi connectivity index (χ0) is 13.9. The van der Waals surface area contributed by atoms with Crippen LogP contribution >= 0.6 is 0 Å². The van der Waals surface area contributed by atoms with Crippen LogP contribution in [0.1, 0.15) is 12.5 Å². The molecule has 1 atom stereocenters. The molecule has 0 radical (unpaired) electrons. The molecule has 0 bridgehead atoms. The van der Waals surface area contributed by atoms with Crippen molar-refractivity contribution in [2.75, 3.05) is 17.6 Å². The highest BCUT2D eigenvalue weighted by atomic mass is 32.2. The van der Waals surface area contributed by atoms with E-state index in [2.05, 4.69) is 9.46 Å². The molecular weight excluding hydrogens is 256 g/mol. The first-order valence-corrected chi connectivity index (χ1v) is 6.78. The van der Waals surface area contributed by atoms with E-state index in [9.17, 15) is 13.2 Å². The van der Waals surface area contributed by atoms with Gasteiger partial charge in [0.15, 0.2) is 5.25 Å². The molecule has 0 fully saturated rings. The summed E-state index contributed by atoms with van der Waals surface area (Å²) >= 11 is 0. The number of methoxy groups -OCH3 is 1. The van der Waals surface area contributed by atoms with Crippen LogP contribution in [-0.4, -0.2) is 26.7 Å². The van der Waals surface area contributed by atoms with E-state index >= 15 is 0 Å². The van der Waals surface area contributed by atoms with E-state index in [1.165, 1.54) is 6.92 Å². The first-order valence-electron chi connectivity index (χ1n) is 5.23. The maximum absolute atomic E-state index is 11.9. The molecule has 0 aromatic heterocycles. The van der Waals surface area contributed by atoms with Gasteiger partial charge in [-0.25, -0.2) is 8.42 Å². The van der Waals surface area contributed by atoms with Crippen molar-refractivity contribution in [3.8, 4) is 0 Å². The number of sulfonamides is 1. The molecule has 1 aromatic rings. The van der Waals surface area contributed by atoms with Crippen molar-refractivity contribution in [3.63, 3.8) is 0 Å². The second-order valence-electron chi connectivity index (χ2n) is 3.90. The third kappa shape index (κ3) is 3.13. The number of rotatable bonds is 4. The Bertz CT molecular complexity index is 554. The van der Waals surface area contributed by atoms with Gasteiger partial charge in [-0.15, -0.1) is 0 Å². The van der Waals surface area contributed by atoms with Crippen LogP contribution in [-0.2, 0) is 19.6 Å². The summed E-state index contributed by atoms with van der Waals surface area (Å²) in [5.41, 5.74) is 7.06. The molecule has 0 saturated heterocycles. The number of anilines is 2. The van der Waals surface area contributed by atoms with Crippen molar-refractivity contribution in [1.82, 2.24) is 0 Å². The molecule has 0 aliphatic heterocycles. The normalized spacial score (nSPS) is 12.8. The molecule has 0 amide bonds.